The third-order valence-corrected chi connectivity index (χ3v) is 4.22. The zero-order valence-electron chi connectivity index (χ0n) is 11.2. The number of hydrogen-bond donors (Lipinski definition) is 2. The lowest BCUT2D eigenvalue weighted by Gasteiger charge is -2.39. The number of allylic oxidation sites excluding steroid dienone is 5. The Morgan fingerprint density at radius 1 is 1.50 bits per heavy atom. The van der Waals surface area contributed by atoms with E-state index in [9.17, 15) is 15.0 Å². The van der Waals surface area contributed by atoms with Crippen molar-refractivity contribution in [2.24, 2.45) is 5.41 Å². The van der Waals surface area contributed by atoms with Gasteiger partial charge in [0.1, 0.15) is 5.60 Å². The molecule has 0 saturated heterocycles. The Labute approximate surface area is 108 Å². The summed E-state index contributed by atoms with van der Waals surface area (Å²) in [6, 6.07) is 0. The summed E-state index contributed by atoms with van der Waals surface area (Å²) in [5.41, 5.74) is 1.21. The molecule has 2 N–H and O–H groups in total. The Morgan fingerprint density at radius 2 is 2.17 bits per heavy atom. The molecular formula is C15H20O3. The number of carbonyl (C=O) groups is 1. The third kappa shape index (κ3) is 1.98. The van der Waals surface area contributed by atoms with E-state index in [4.69, 9.17) is 0 Å². The molecular weight excluding hydrogens is 228 g/mol. The van der Waals surface area contributed by atoms with Crippen molar-refractivity contribution in [1.82, 2.24) is 0 Å². The van der Waals surface area contributed by atoms with Gasteiger partial charge in [0.05, 0.1) is 6.61 Å². The maximum absolute atomic E-state index is 11.7. The molecule has 2 aliphatic carbocycles. The molecule has 3 nitrogen and oxygen atoms in total. The van der Waals surface area contributed by atoms with E-state index < -0.39 is 5.60 Å². The molecule has 0 unspecified atom stereocenters. The van der Waals surface area contributed by atoms with Gasteiger partial charge in [-0.15, -0.1) is 0 Å². The van der Waals surface area contributed by atoms with Crippen molar-refractivity contribution in [2.45, 2.75) is 39.2 Å². The van der Waals surface area contributed by atoms with Crippen LogP contribution in [0.3, 0.4) is 0 Å². The number of hydrogen-bond acceptors (Lipinski definition) is 3. The summed E-state index contributed by atoms with van der Waals surface area (Å²) in [4.78, 5) is 11.7. The molecule has 2 aliphatic rings. The predicted molar refractivity (Wildman–Crippen MR) is 70.0 cm³/mol. The maximum atomic E-state index is 11.7. The van der Waals surface area contributed by atoms with Gasteiger partial charge in [-0.05, 0) is 43.9 Å². The average Bonchev–Trinajstić information content (AvgIpc) is 2.34. The Kier molecular flexibility index (Phi) is 3.07. The lowest BCUT2D eigenvalue weighted by Crippen LogP contribution is -2.36. The first-order valence-electron chi connectivity index (χ1n) is 6.29. The predicted octanol–water partition coefficient (Wildman–Crippen LogP) is 1.91. The van der Waals surface area contributed by atoms with Gasteiger partial charge >= 0.3 is 0 Å². The van der Waals surface area contributed by atoms with Crippen LogP contribution in [0.5, 0.6) is 0 Å². The minimum absolute atomic E-state index is 0.0311. The molecule has 3 heteroatoms. The Morgan fingerprint density at radius 3 is 2.78 bits per heavy atom. The van der Waals surface area contributed by atoms with E-state index >= 15 is 0 Å². The number of rotatable bonds is 2. The Hall–Kier alpha value is -1.19. The van der Waals surface area contributed by atoms with E-state index in [0.717, 1.165) is 29.6 Å². The molecule has 2 rings (SSSR count). The molecule has 2 atom stereocenters. The van der Waals surface area contributed by atoms with E-state index in [1.165, 1.54) is 0 Å². The fourth-order valence-corrected chi connectivity index (χ4v) is 2.69. The summed E-state index contributed by atoms with van der Waals surface area (Å²) >= 11 is 0. The van der Waals surface area contributed by atoms with Crippen molar-refractivity contribution in [1.29, 1.82) is 0 Å². The SMILES string of the molecule is CC1=C2C=C([C@@](C)(O)CO)CC[C@]2(C)C=CC1=O. The largest absolute Gasteiger partial charge is 0.393 e. The summed E-state index contributed by atoms with van der Waals surface area (Å²) in [6.45, 7) is 5.24. The van der Waals surface area contributed by atoms with E-state index in [1.807, 2.05) is 19.1 Å². The summed E-state index contributed by atoms with van der Waals surface area (Å²) < 4.78 is 0. The molecule has 0 fully saturated rings. The second-order valence-corrected chi connectivity index (χ2v) is 5.76. The number of fused-ring (bicyclic) bond motifs is 1. The second kappa shape index (κ2) is 4.18. The first kappa shape index (κ1) is 13.2. The molecule has 98 valence electrons. The molecule has 0 aliphatic heterocycles. The van der Waals surface area contributed by atoms with Crippen LogP contribution >= 0.6 is 0 Å². The number of aliphatic hydroxyl groups excluding tert-OH is 1. The van der Waals surface area contributed by atoms with Gasteiger partial charge in [0.15, 0.2) is 5.78 Å². The number of ketones is 1. The zero-order valence-corrected chi connectivity index (χ0v) is 11.2. The molecule has 0 amide bonds. The van der Waals surface area contributed by atoms with Crippen LogP contribution in [0.2, 0.25) is 0 Å². The number of aliphatic hydroxyl groups is 2. The van der Waals surface area contributed by atoms with Crippen molar-refractivity contribution in [3.63, 3.8) is 0 Å². The van der Waals surface area contributed by atoms with E-state index in [-0.39, 0.29) is 17.8 Å². The first-order chi connectivity index (χ1) is 8.30. The van der Waals surface area contributed by atoms with Gasteiger partial charge in [-0.2, -0.15) is 0 Å². The molecule has 18 heavy (non-hydrogen) atoms. The highest BCUT2D eigenvalue weighted by molar-refractivity contribution is 6.06. The minimum Gasteiger partial charge on any atom is -0.393 e. The molecule has 0 aromatic carbocycles. The fraction of sp³-hybridized carbons (Fsp3) is 0.533. The van der Waals surface area contributed by atoms with Crippen LogP contribution in [-0.2, 0) is 4.79 Å². The van der Waals surface area contributed by atoms with E-state index in [0.29, 0.717) is 0 Å². The van der Waals surface area contributed by atoms with Crippen molar-refractivity contribution in [3.8, 4) is 0 Å². The highest BCUT2D eigenvalue weighted by Crippen LogP contribution is 2.46. The lowest BCUT2D eigenvalue weighted by atomic mass is 9.66. The van der Waals surface area contributed by atoms with Crippen LogP contribution < -0.4 is 0 Å². The molecule has 0 aromatic rings. The van der Waals surface area contributed by atoms with Crippen molar-refractivity contribution >= 4 is 5.78 Å². The monoisotopic (exact) mass is 248 g/mol. The molecule has 0 heterocycles. The van der Waals surface area contributed by atoms with Crippen LogP contribution in [-0.4, -0.2) is 28.2 Å². The minimum atomic E-state index is -1.20. The van der Waals surface area contributed by atoms with Crippen molar-refractivity contribution in [3.05, 3.63) is 34.9 Å². The third-order valence-electron chi connectivity index (χ3n) is 4.22. The summed E-state index contributed by atoms with van der Waals surface area (Å²) in [5, 5.41) is 19.4. The summed E-state index contributed by atoms with van der Waals surface area (Å²) in [5.74, 6) is 0.0311. The highest BCUT2D eigenvalue weighted by atomic mass is 16.3. The van der Waals surface area contributed by atoms with Crippen molar-refractivity contribution in [2.75, 3.05) is 6.61 Å². The van der Waals surface area contributed by atoms with Gasteiger partial charge < -0.3 is 10.2 Å². The molecule has 0 saturated carbocycles. The summed E-state index contributed by atoms with van der Waals surface area (Å²) in [7, 11) is 0. The van der Waals surface area contributed by atoms with Gasteiger partial charge in [0, 0.05) is 11.0 Å². The van der Waals surface area contributed by atoms with E-state index in [2.05, 4.69) is 6.92 Å². The van der Waals surface area contributed by atoms with Gasteiger partial charge in [0.25, 0.3) is 0 Å². The molecule has 0 bridgehead atoms. The fourth-order valence-electron chi connectivity index (χ4n) is 2.69. The molecule has 0 aromatic heterocycles. The lowest BCUT2D eigenvalue weighted by molar-refractivity contribution is -0.111. The smallest absolute Gasteiger partial charge is 0.181 e. The second-order valence-electron chi connectivity index (χ2n) is 5.76. The average molecular weight is 248 g/mol. The highest BCUT2D eigenvalue weighted by Gasteiger charge is 2.37. The Balaban J connectivity index is 2.50. The van der Waals surface area contributed by atoms with Crippen LogP contribution in [0.1, 0.15) is 33.6 Å². The zero-order chi connectivity index (χ0) is 13.6. The van der Waals surface area contributed by atoms with E-state index in [1.54, 1.807) is 13.0 Å². The first-order valence-corrected chi connectivity index (χ1v) is 6.29. The van der Waals surface area contributed by atoms with Crippen LogP contribution in [0.25, 0.3) is 0 Å². The normalized spacial score (nSPS) is 30.9. The Bertz CT molecular complexity index is 480. The standard InChI is InChI=1S/C15H20O3/c1-10-12-8-11(15(3,18)9-16)4-6-14(12,2)7-5-13(10)17/h5,7-8,16,18H,4,6,9H2,1-3H3/t14-,15+/m1/s1. The summed E-state index contributed by atoms with van der Waals surface area (Å²) in [6.07, 6.45) is 7.09. The van der Waals surface area contributed by atoms with Gasteiger partial charge in [-0.3, -0.25) is 4.79 Å². The molecule has 0 spiro atoms. The number of carbonyl (C=O) groups excluding carboxylic acids is 1. The van der Waals surface area contributed by atoms with Gasteiger partial charge in [0.2, 0.25) is 0 Å². The van der Waals surface area contributed by atoms with Crippen LogP contribution in [0.4, 0.5) is 0 Å². The van der Waals surface area contributed by atoms with Crippen LogP contribution in [0.15, 0.2) is 34.9 Å². The van der Waals surface area contributed by atoms with Crippen molar-refractivity contribution < 1.29 is 15.0 Å². The van der Waals surface area contributed by atoms with Gasteiger partial charge in [-0.25, -0.2) is 0 Å². The van der Waals surface area contributed by atoms with Crippen LogP contribution in [0, 0.1) is 5.41 Å². The van der Waals surface area contributed by atoms with Gasteiger partial charge in [-0.1, -0.05) is 19.1 Å². The molecule has 0 radical (unpaired) electrons. The quantitative estimate of drug-likeness (QED) is 0.785. The topological polar surface area (TPSA) is 57.5 Å². The maximum Gasteiger partial charge on any atom is 0.181 e.